The molecule has 39 heavy (non-hydrogen) atoms. The van der Waals surface area contributed by atoms with Crippen LogP contribution >= 0.6 is 0 Å². The topological polar surface area (TPSA) is 62.0 Å². The Morgan fingerprint density at radius 1 is 0.667 bits per heavy atom. The number of ether oxygens (including phenoxy) is 6. The van der Waals surface area contributed by atoms with Crippen LogP contribution in [0.2, 0.25) is 0 Å². The van der Waals surface area contributed by atoms with E-state index in [-0.39, 0.29) is 59.5 Å². The molecule has 2 fully saturated rings. The van der Waals surface area contributed by atoms with Crippen molar-refractivity contribution in [3.8, 4) is 11.5 Å². The molecule has 0 bridgehead atoms. The smallest absolute Gasteiger partial charge is 0.119 e. The molecule has 0 aliphatic carbocycles. The second-order valence-electron chi connectivity index (χ2n) is 10.6. The minimum Gasteiger partial charge on any atom is -0.491 e. The van der Waals surface area contributed by atoms with Crippen LogP contribution in [0.4, 0.5) is 0 Å². The molecule has 0 aromatic heterocycles. The Morgan fingerprint density at radius 2 is 1.00 bits per heavy atom. The minimum atomic E-state index is 0. The highest BCUT2D eigenvalue weighted by molar-refractivity contribution is 5.30. The molecular weight excluding hydrogens is 492 g/mol. The van der Waals surface area contributed by atoms with E-state index in [2.05, 4.69) is 62.4 Å². The van der Waals surface area contributed by atoms with E-state index in [1.165, 1.54) is 11.1 Å². The zero-order valence-electron chi connectivity index (χ0n) is 21.5. The predicted molar refractivity (Wildman–Crippen MR) is 162 cm³/mol. The van der Waals surface area contributed by atoms with Crippen molar-refractivity contribution in [1.29, 1.82) is 0 Å². The molecule has 4 atom stereocenters. The van der Waals surface area contributed by atoms with Gasteiger partial charge >= 0.3 is 0 Å². The first-order valence-electron chi connectivity index (χ1n) is 12.7. The average Bonchev–Trinajstić information content (AvgIpc) is 3.75. The molecule has 0 amide bonds. The van der Waals surface area contributed by atoms with Crippen molar-refractivity contribution < 1.29 is 28.4 Å². The highest BCUT2D eigenvalue weighted by atomic mass is 16.6. The van der Waals surface area contributed by atoms with Crippen molar-refractivity contribution in [3.63, 3.8) is 0 Å². The minimum absolute atomic E-state index is 0. The lowest BCUT2D eigenvalue weighted by Gasteiger charge is -2.25. The van der Waals surface area contributed by atoms with E-state index in [4.69, 9.17) is 28.4 Å². The molecule has 224 valence electrons. The molecule has 2 aromatic rings. The maximum absolute atomic E-state index is 5.88. The van der Waals surface area contributed by atoms with Gasteiger partial charge in [0.1, 0.15) is 36.9 Å². The first-order valence-corrected chi connectivity index (χ1v) is 12.7. The van der Waals surface area contributed by atoms with E-state index in [0.717, 1.165) is 37.6 Å². The summed E-state index contributed by atoms with van der Waals surface area (Å²) in [4.78, 5) is 0. The lowest BCUT2D eigenvalue weighted by Crippen LogP contribution is -2.20. The fourth-order valence-electron chi connectivity index (χ4n) is 3.97. The summed E-state index contributed by atoms with van der Waals surface area (Å²) in [7, 11) is 0. The average molecular weight is 549 g/mol. The first kappa shape index (κ1) is 36.9. The van der Waals surface area contributed by atoms with Crippen molar-refractivity contribution >= 4 is 0 Å². The highest BCUT2D eigenvalue weighted by Gasteiger charge is 2.24. The second-order valence-corrected chi connectivity index (χ2v) is 10.6. The third-order valence-electron chi connectivity index (χ3n) is 6.12. The van der Waals surface area contributed by atoms with Gasteiger partial charge in [-0.3, -0.25) is 0 Å². The zero-order valence-corrected chi connectivity index (χ0v) is 21.5. The molecule has 6 nitrogen and oxygen atoms in total. The molecule has 2 aliphatic rings. The summed E-state index contributed by atoms with van der Waals surface area (Å²) in [5.41, 5.74) is 2.75. The van der Waals surface area contributed by atoms with Gasteiger partial charge in [-0.25, -0.2) is 0 Å². The number of rotatable bonds is 16. The molecule has 4 rings (SSSR count). The molecule has 2 saturated heterocycles. The number of hydrogen-bond donors (Lipinski definition) is 0. The number of epoxide rings is 2. The lowest BCUT2D eigenvalue weighted by atomic mass is 9.80. The van der Waals surface area contributed by atoms with E-state index in [0.29, 0.717) is 26.4 Å². The first-order chi connectivity index (χ1) is 16.8. The molecule has 4 unspecified atom stereocenters. The van der Waals surface area contributed by atoms with Crippen LogP contribution < -0.4 is 9.47 Å². The zero-order chi connectivity index (χ0) is 24.7. The van der Waals surface area contributed by atoms with Gasteiger partial charge in [0, 0.05) is 0 Å². The standard InChI is InChI=1S/C29H40O6.4CH4/c1-21(30-17-27-19-34-27)15-32-25-9-5-23(6-10-25)13-29(3,4)14-24-7-11-26(12-8-24)33-16-22(2)31-18-28-20-35-28;;;;/h5-12,21-22,27-28H,13-20H2,1-4H3;4*1H4. The van der Waals surface area contributed by atoms with Crippen LogP contribution in [0.1, 0.15) is 68.5 Å². The van der Waals surface area contributed by atoms with Crippen LogP contribution in [0.15, 0.2) is 48.5 Å². The molecule has 0 radical (unpaired) electrons. The highest BCUT2D eigenvalue weighted by Crippen LogP contribution is 2.28. The van der Waals surface area contributed by atoms with Crippen LogP contribution in [-0.2, 0) is 31.8 Å². The van der Waals surface area contributed by atoms with E-state index >= 15 is 0 Å². The van der Waals surface area contributed by atoms with Crippen LogP contribution in [0, 0.1) is 5.41 Å². The van der Waals surface area contributed by atoms with Gasteiger partial charge in [-0.05, 0) is 67.5 Å². The van der Waals surface area contributed by atoms with Crippen molar-refractivity contribution in [1.82, 2.24) is 0 Å². The maximum atomic E-state index is 5.88. The Kier molecular flexibility index (Phi) is 16.6. The third kappa shape index (κ3) is 14.2. The van der Waals surface area contributed by atoms with Gasteiger partial charge in [0.25, 0.3) is 0 Å². The van der Waals surface area contributed by atoms with E-state index < -0.39 is 0 Å². The van der Waals surface area contributed by atoms with Gasteiger partial charge in [-0.15, -0.1) is 0 Å². The van der Waals surface area contributed by atoms with Gasteiger partial charge in [-0.2, -0.15) is 0 Å². The maximum Gasteiger partial charge on any atom is 0.119 e. The van der Waals surface area contributed by atoms with Crippen LogP contribution in [0.5, 0.6) is 11.5 Å². The van der Waals surface area contributed by atoms with Gasteiger partial charge in [0.15, 0.2) is 0 Å². The number of benzene rings is 2. The third-order valence-corrected chi connectivity index (χ3v) is 6.12. The molecular formula is C33H56O6. The Morgan fingerprint density at radius 3 is 1.31 bits per heavy atom. The van der Waals surface area contributed by atoms with Crippen LogP contribution in [0.25, 0.3) is 0 Å². The molecule has 0 saturated carbocycles. The van der Waals surface area contributed by atoms with Crippen LogP contribution in [0.3, 0.4) is 0 Å². The Balaban J connectivity index is 0.00000361. The summed E-state index contributed by atoms with van der Waals surface area (Å²) in [6, 6.07) is 16.9. The summed E-state index contributed by atoms with van der Waals surface area (Å²) >= 11 is 0. The van der Waals surface area contributed by atoms with Crippen molar-refractivity contribution in [2.75, 3.05) is 39.6 Å². The SMILES string of the molecule is C.C.C.C.CC(COc1ccc(CC(C)(C)Cc2ccc(OCC(C)OCC3CO3)cc2)cc1)OCC1CO1. The van der Waals surface area contributed by atoms with Gasteiger partial charge in [0.05, 0.1) is 38.6 Å². The normalized spacial score (nSPS) is 18.7. The molecule has 2 aromatic carbocycles. The quantitative estimate of drug-likeness (QED) is 0.204. The molecule has 6 heteroatoms. The Labute approximate surface area is 239 Å². The van der Waals surface area contributed by atoms with Gasteiger partial charge in [0.2, 0.25) is 0 Å². The van der Waals surface area contributed by atoms with Gasteiger partial charge < -0.3 is 28.4 Å². The van der Waals surface area contributed by atoms with Crippen molar-refractivity contribution in [2.45, 2.75) is 94.7 Å². The monoisotopic (exact) mass is 548 g/mol. The summed E-state index contributed by atoms with van der Waals surface area (Å²) in [6.07, 6.45) is 2.65. The predicted octanol–water partition coefficient (Wildman–Crippen LogP) is 7.41. The Hall–Kier alpha value is -2.12. The summed E-state index contributed by atoms with van der Waals surface area (Å²) in [5, 5.41) is 0. The fourth-order valence-corrected chi connectivity index (χ4v) is 3.97. The lowest BCUT2D eigenvalue weighted by molar-refractivity contribution is 0.0241. The van der Waals surface area contributed by atoms with E-state index in [9.17, 15) is 0 Å². The Bertz CT molecular complexity index is 814. The largest absolute Gasteiger partial charge is 0.491 e. The summed E-state index contributed by atoms with van der Waals surface area (Å²) in [5.74, 6) is 1.75. The molecule has 0 N–H and O–H groups in total. The molecule has 2 heterocycles. The van der Waals surface area contributed by atoms with E-state index in [1.807, 2.05) is 13.8 Å². The van der Waals surface area contributed by atoms with Crippen LogP contribution in [-0.4, -0.2) is 64.1 Å². The van der Waals surface area contributed by atoms with Gasteiger partial charge in [-0.1, -0.05) is 67.8 Å². The van der Waals surface area contributed by atoms with Crippen molar-refractivity contribution in [3.05, 3.63) is 59.7 Å². The summed E-state index contributed by atoms with van der Waals surface area (Å²) in [6.45, 7) is 12.7. The second kappa shape index (κ2) is 17.5. The van der Waals surface area contributed by atoms with E-state index in [1.54, 1.807) is 0 Å². The molecule has 2 aliphatic heterocycles. The molecule has 0 spiro atoms. The summed E-state index contributed by atoms with van der Waals surface area (Å²) < 4.78 is 33.5. The van der Waals surface area contributed by atoms with Crippen molar-refractivity contribution in [2.24, 2.45) is 5.41 Å². The number of hydrogen-bond acceptors (Lipinski definition) is 6. The fraction of sp³-hybridized carbons (Fsp3) is 0.636.